The fourth-order valence-electron chi connectivity index (χ4n) is 5.84. The Morgan fingerprint density at radius 2 is 0.797 bits per heavy atom. The summed E-state index contributed by atoms with van der Waals surface area (Å²) in [5.74, 6) is -3.64. The molecule has 0 aliphatic rings. The number of rotatable bonds is 12. The molecule has 74 heavy (non-hydrogen) atoms. The van der Waals surface area contributed by atoms with Crippen molar-refractivity contribution in [3.05, 3.63) is 211 Å². The van der Waals surface area contributed by atoms with Gasteiger partial charge in [0, 0.05) is 37.3 Å². The van der Waals surface area contributed by atoms with Gasteiger partial charge in [0.05, 0.1) is 28.9 Å². The summed E-state index contributed by atoms with van der Waals surface area (Å²) in [5.41, 5.74) is 12.1. The fourth-order valence-corrected chi connectivity index (χ4v) is 5.84. The quantitative estimate of drug-likeness (QED) is 0.0592. The van der Waals surface area contributed by atoms with Crippen LogP contribution >= 0.6 is 0 Å². The number of Topliss-reactive ketones (excluding diaryl/α,β-unsaturated/α-hetero) is 2. The maximum absolute atomic E-state index is 13.4. The second kappa shape index (κ2) is 33.8. The zero-order valence-corrected chi connectivity index (χ0v) is 44.0. The average Bonchev–Trinajstić information content (AvgIpc) is 3.32. The Morgan fingerprint density at radius 3 is 1.12 bits per heavy atom. The first kappa shape index (κ1) is 64.2. The van der Waals surface area contributed by atoms with Gasteiger partial charge in [-0.1, -0.05) is 71.8 Å². The molecule has 0 saturated carbocycles. The molecule has 0 unspecified atom stereocenters. The summed E-state index contributed by atoms with van der Waals surface area (Å²) < 4.78 is 52.3. The van der Waals surface area contributed by atoms with Crippen molar-refractivity contribution in [2.24, 2.45) is 5.73 Å². The molecule has 0 saturated heterocycles. The first-order valence-corrected chi connectivity index (χ1v) is 23.4. The molecule has 0 fully saturated rings. The third-order valence-corrected chi connectivity index (χ3v) is 9.98. The van der Waals surface area contributed by atoms with E-state index in [1.807, 2.05) is 69.2 Å². The van der Waals surface area contributed by atoms with Crippen molar-refractivity contribution in [3.8, 4) is 0 Å². The summed E-state index contributed by atoms with van der Waals surface area (Å²) >= 11 is 0. The van der Waals surface area contributed by atoms with Crippen LogP contribution in [0.1, 0.15) is 116 Å². The lowest BCUT2D eigenvalue weighted by Crippen LogP contribution is -2.31. The standard InChI is InChI=1S/C12H17FN2O.C10H12FNO.C10H13NO2.C9H9FO.C9H10O.C8H8FNO/c1-9-4-5-10(11(13)8-9)12(16)14-6-7-15(2)3;1-3-12-10(13)8-5-4-7(2)6-9(8)11;1-8-2-4-9(5-3-8)10(13)11-6-7-12;1-6-3-4-8(7(2)11)9(10)5-6;1-7-3-5-9(6-4-7)8(2)10;1-5-2-3-6(8(10)11)7(9)4-5/h4-5,8H,6-7H2,1-3H3,(H,14,16);4-6H,3H2,1-2H3,(H,12,13);2-5,12H,6-7H2,1H3,(H,11,13);3-5H,1-2H3;3-6H,1-2H3;2-4H,1H3,(H2,10,11). The minimum Gasteiger partial charge on any atom is -0.395 e. The van der Waals surface area contributed by atoms with Crippen molar-refractivity contribution in [2.75, 3.05) is 46.9 Å². The first-order valence-electron chi connectivity index (χ1n) is 23.4. The number of aliphatic hydroxyl groups excluding tert-OH is 1. The molecule has 0 radical (unpaired) electrons. The summed E-state index contributed by atoms with van der Waals surface area (Å²) in [5, 5.41) is 16.3. The molecule has 12 nitrogen and oxygen atoms in total. The van der Waals surface area contributed by atoms with E-state index in [-0.39, 0.29) is 58.1 Å². The number of ketones is 2. The Balaban J connectivity index is 0.000000447. The number of amides is 4. The molecule has 6 rings (SSSR count). The van der Waals surface area contributed by atoms with Crippen LogP contribution in [0, 0.1) is 64.8 Å². The summed E-state index contributed by atoms with van der Waals surface area (Å²) in [7, 11) is 3.83. The zero-order chi connectivity index (χ0) is 56.1. The second-order valence-corrected chi connectivity index (χ2v) is 17.0. The van der Waals surface area contributed by atoms with Crippen molar-refractivity contribution in [1.82, 2.24) is 20.9 Å². The number of nitrogens with zero attached hydrogens (tertiary/aromatic N) is 1. The number of carbonyl (C=O) groups excluding carboxylic acids is 6. The van der Waals surface area contributed by atoms with E-state index in [1.165, 1.54) is 61.0 Å². The molecule has 6 aromatic rings. The van der Waals surface area contributed by atoms with Crippen LogP contribution in [0.4, 0.5) is 17.6 Å². The van der Waals surface area contributed by atoms with E-state index in [0.29, 0.717) is 25.2 Å². The SMILES string of the molecule is CC(=O)c1ccc(C)cc1.CC(=O)c1ccc(C)cc1F.CCNC(=O)c1ccc(C)cc1F.Cc1ccc(C(=O)NCCN(C)C)c(F)c1.Cc1ccc(C(=O)NCCO)cc1.Cc1ccc(C(N)=O)c(F)c1. The highest BCUT2D eigenvalue weighted by atomic mass is 19.1. The Morgan fingerprint density at radius 1 is 0.459 bits per heavy atom. The normalized spacial score (nSPS) is 9.85. The van der Waals surface area contributed by atoms with Gasteiger partial charge < -0.3 is 31.7 Å². The van der Waals surface area contributed by atoms with Crippen LogP contribution in [0.3, 0.4) is 0 Å². The number of likely N-dealkylation sites (N-methyl/N-ethyl adjacent to an activating group) is 1. The Hall–Kier alpha value is -7.82. The molecule has 0 aromatic heterocycles. The number of halogens is 4. The van der Waals surface area contributed by atoms with Crippen LogP contribution in [-0.2, 0) is 0 Å². The van der Waals surface area contributed by atoms with Crippen molar-refractivity contribution in [1.29, 1.82) is 0 Å². The molecule has 6 N–H and O–H groups in total. The summed E-state index contributed by atoms with van der Waals surface area (Å²) in [4.78, 5) is 68.1. The van der Waals surface area contributed by atoms with E-state index in [2.05, 4.69) is 16.0 Å². The van der Waals surface area contributed by atoms with Crippen molar-refractivity contribution in [3.63, 3.8) is 0 Å². The number of benzene rings is 6. The highest BCUT2D eigenvalue weighted by molar-refractivity contribution is 5.96. The largest absolute Gasteiger partial charge is 0.395 e. The van der Waals surface area contributed by atoms with E-state index in [4.69, 9.17) is 10.8 Å². The summed E-state index contributed by atoms with van der Waals surface area (Å²) in [6.07, 6.45) is 0. The number of aryl methyl sites for hydroxylation is 6. The minimum absolute atomic E-state index is 0.0302. The fraction of sp³-hybridized carbons (Fsp3) is 0.276. The van der Waals surface area contributed by atoms with Gasteiger partial charge in [0.25, 0.3) is 23.6 Å². The average molecular weight is 1020 g/mol. The van der Waals surface area contributed by atoms with E-state index in [0.717, 1.165) is 39.9 Å². The number of carbonyl (C=O) groups is 6. The molecule has 396 valence electrons. The maximum atomic E-state index is 13.4. The molecule has 16 heteroatoms. The third kappa shape index (κ3) is 25.0. The second-order valence-electron chi connectivity index (χ2n) is 17.0. The van der Waals surface area contributed by atoms with Gasteiger partial charge in [-0.2, -0.15) is 0 Å². The van der Waals surface area contributed by atoms with Crippen LogP contribution in [0.5, 0.6) is 0 Å². The van der Waals surface area contributed by atoms with Gasteiger partial charge in [0.1, 0.15) is 23.3 Å². The van der Waals surface area contributed by atoms with Gasteiger partial charge in [-0.15, -0.1) is 0 Å². The van der Waals surface area contributed by atoms with Crippen molar-refractivity contribution in [2.45, 2.75) is 62.3 Å². The van der Waals surface area contributed by atoms with E-state index in [9.17, 15) is 46.3 Å². The number of primary amides is 1. The lowest BCUT2D eigenvalue weighted by molar-refractivity contribution is 0.0937. The summed E-state index contributed by atoms with van der Waals surface area (Å²) in [6.45, 7) is 17.8. The molecule has 0 heterocycles. The Kier molecular flexibility index (Phi) is 29.3. The number of hydrogen-bond acceptors (Lipinski definition) is 8. The van der Waals surface area contributed by atoms with Gasteiger partial charge in [-0.25, -0.2) is 17.6 Å². The van der Waals surface area contributed by atoms with Crippen LogP contribution in [0.25, 0.3) is 0 Å². The third-order valence-electron chi connectivity index (χ3n) is 9.98. The van der Waals surface area contributed by atoms with Crippen LogP contribution in [0.2, 0.25) is 0 Å². The number of nitrogens with one attached hydrogen (secondary N) is 3. The van der Waals surface area contributed by atoms with Crippen molar-refractivity contribution < 1.29 is 51.4 Å². The maximum Gasteiger partial charge on any atom is 0.254 e. The smallest absolute Gasteiger partial charge is 0.254 e. The van der Waals surface area contributed by atoms with Gasteiger partial charge in [0.15, 0.2) is 11.6 Å². The lowest BCUT2D eigenvalue weighted by atomic mass is 10.1. The van der Waals surface area contributed by atoms with Gasteiger partial charge >= 0.3 is 0 Å². The molecule has 0 atom stereocenters. The molecule has 0 spiro atoms. The van der Waals surface area contributed by atoms with Gasteiger partial charge in [-0.3, -0.25) is 28.8 Å². The van der Waals surface area contributed by atoms with Gasteiger partial charge in [-0.05, 0) is 159 Å². The van der Waals surface area contributed by atoms with Crippen LogP contribution in [-0.4, -0.2) is 92.1 Å². The first-order chi connectivity index (χ1) is 34.8. The zero-order valence-electron chi connectivity index (χ0n) is 44.0. The summed E-state index contributed by atoms with van der Waals surface area (Å²) in [6, 6.07) is 32.9. The highest BCUT2D eigenvalue weighted by Crippen LogP contribution is 2.13. The Labute approximate surface area is 432 Å². The monoisotopic (exact) mass is 1020 g/mol. The lowest BCUT2D eigenvalue weighted by Gasteiger charge is -2.10. The minimum atomic E-state index is -0.734. The number of aliphatic hydroxyl groups is 1. The molecular formula is C58H69F4N5O7. The van der Waals surface area contributed by atoms with E-state index >= 15 is 0 Å². The molecule has 0 aliphatic heterocycles. The molecule has 4 amide bonds. The van der Waals surface area contributed by atoms with Crippen LogP contribution in [0.15, 0.2) is 121 Å². The van der Waals surface area contributed by atoms with Gasteiger partial charge in [0.2, 0.25) is 0 Å². The van der Waals surface area contributed by atoms with Crippen LogP contribution < -0.4 is 21.7 Å². The Bertz CT molecular complexity index is 2720. The molecular weight excluding hydrogens is 955 g/mol. The number of hydrogen-bond donors (Lipinski definition) is 5. The molecule has 0 bridgehead atoms. The predicted octanol–water partition coefficient (Wildman–Crippen LogP) is 9.79. The van der Waals surface area contributed by atoms with E-state index in [1.54, 1.807) is 77.9 Å². The predicted molar refractivity (Wildman–Crippen MR) is 284 cm³/mol. The van der Waals surface area contributed by atoms with Crippen molar-refractivity contribution >= 4 is 35.2 Å². The topological polar surface area (TPSA) is 188 Å². The van der Waals surface area contributed by atoms with E-state index < -0.39 is 29.2 Å². The number of nitrogens with two attached hydrogens (primary N) is 1. The molecule has 6 aromatic carbocycles. The molecule has 0 aliphatic carbocycles. The highest BCUT2D eigenvalue weighted by Gasteiger charge is 2.12.